The van der Waals surface area contributed by atoms with Crippen LogP contribution >= 0.6 is 0 Å². The Bertz CT molecular complexity index is 564. The number of ether oxygens (including phenoxy) is 3. The first-order valence-corrected chi connectivity index (χ1v) is 8.74. The highest BCUT2D eigenvalue weighted by molar-refractivity contribution is 5.94. The molecule has 1 aromatic carbocycles. The van der Waals surface area contributed by atoms with Crippen LogP contribution in [0.15, 0.2) is 24.3 Å². The standard InChI is InChI=1S/C19H27NO5/c1-14(2)25-16-8-6-15(7-9-16)19(22)20(11-10-18(21)23-3)13-17-5-4-12-24-17/h6-9,14,17H,4-5,10-13H2,1-3H3. The topological polar surface area (TPSA) is 65.1 Å². The van der Waals surface area contributed by atoms with Crippen molar-refractivity contribution in [1.29, 1.82) is 0 Å². The van der Waals surface area contributed by atoms with Gasteiger partial charge in [-0.05, 0) is 51.0 Å². The average molecular weight is 349 g/mol. The third kappa shape index (κ3) is 6.05. The van der Waals surface area contributed by atoms with Crippen molar-refractivity contribution in [3.8, 4) is 5.75 Å². The summed E-state index contributed by atoms with van der Waals surface area (Å²) in [6.45, 7) is 5.44. The average Bonchev–Trinajstić information content (AvgIpc) is 3.11. The Labute approximate surface area is 149 Å². The summed E-state index contributed by atoms with van der Waals surface area (Å²) in [5.41, 5.74) is 0.568. The summed E-state index contributed by atoms with van der Waals surface area (Å²) in [5, 5.41) is 0. The van der Waals surface area contributed by atoms with E-state index in [4.69, 9.17) is 9.47 Å². The molecule has 1 aliphatic heterocycles. The molecule has 1 saturated heterocycles. The number of hydrogen-bond donors (Lipinski definition) is 0. The quantitative estimate of drug-likeness (QED) is 0.675. The van der Waals surface area contributed by atoms with E-state index < -0.39 is 0 Å². The number of carbonyl (C=O) groups excluding carboxylic acids is 2. The van der Waals surface area contributed by atoms with Crippen LogP contribution in [0.1, 0.15) is 43.5 Å². The first-order valence-electron chi connectivity index (χ1n) is 8.74. The number of methoxy groups -OCH3 is 1. The summed E-state index contributed by atoms with van der Waals surface area (Å²) < 4.78 is 15.9. The van der Waals surface area contributed by atoms with Gasteiger partial charge in [0.1, 0.15) is 5.75 Å². The third-order valence-electron chi connectivity index (χ3n) is 4.02. The minimum Gasteiger partial charge on any atom is -0.491 e. The summed E-state index contributed by atoms with van der Waals surface area (Å²) in [4.78, 5) is 26.0. The normalized spacial score (nSPS) is 16.7. The van der Waals surface area contributed by atoms with Gasteiger partial charge in [-0.3, -0.25) is 9.59 Å². The zero-order valence-electron chi connectivity index (χ0n) is 15.2. The molecular formula is C19H27NO5. The summed E-state index contributed by atoms with van der Waals surface area (Å²) in [6, 6.07) is 7.08. The van der Waals surface area contributed by atoms with Gasteiger partial charge in [-0.25, -0.2) is 0 Å². The summed E-state index contributed by atoms with van der Waals surface area (Å²) in [5.74, 6) is 0.285. The molecule has 138 valence electrons. The van der Waals surface area contributed by atoms with Gasteiger partial charge in [0.15, 0.2) is 0 Å². The van der Waals surface area contributed by atoms with E-state index in [1.165, 1.54) is 7.11 Å². The number of benzene rings is 1. The minimum absolute atomic E-state index is 0.0325. The molecule has 2 rings (SSSR count). The molecule has 6 heteroatoms. The van der Waals surface area contributed by atoms with Gasteiger partial charge in [-0.2, -0.15) is 0 Å². The maximum Gasteiger partial charge on any atom is 0.307 e. The molecule has 6 nitrogen and oxygen atoms in total. The van der Waals surface area contributed by atoms with E-state index in [0.29, 0.717) is 18.7 Å². The molecule has 1 amide bonds. The van der Waals surface area contributed by atoms with Gasteiger partial charge < -0.3 is 19.1 Å². The largest absolute Gasteiger partial charge is 0.491 e. The van der Waals surface area contributed by atoms with Crippen LogP contribution < -0.4 is 4.74 Å². The van der Waals surface area contributed by atoms with E-state index in [1.54, 1.807) is 29.2 Å². The molecule has 0 saturated carbocycles. The zero-order chi connectivity index (χ0) is 18.2. The van der Waals surface area contributed by atoms with Crippen molar-refractivity contribution in [3.05, 3.63) is 29.8 Å². The second-order valence-electron chi connectivity index (χ2n) is 6.40. The fourth-order valence-electron chi connectivity index (χ4n) is 2.77. The summed E-state index contributed by atoms with van der Waals surface area (Å²) in [7, 11) is 1.35. The minimum atomic E-state index is -0.328. The van der Waals surface area contributed by atoms with Crippen molar-refractivity contribution in [2.75, 3.05) is 26.8 Å². The summed E-state index contributed by atoms with van der Waals surface area (Å²) in [6.07, 6.45) is 2.22. The van der Waals surface area contributed by atoms with Crippen LogP contribution in [0.4, 0.5) is 0 Å². The number of esters is 1. The molecule has 1 atom stereocenters. The second-order valence-corrected chi connectivity index (χ2v) is 6.40. The molecule has 1 aliphatic rings. The second kappa shape index (κ2) is 9.42. The van der Waals surface area contributed by atoms with E-state index in [0.717, 1.165) is 25.2 Å². The Balaban J connectivity index is 2.05. The van der Waals surface area contributed by atoms with Gasteiger partial charge in [-0.1, -0.05) is 0 Å². The van der Waals surface area contributed by atoms with E-state index in [9.17, 15) is 9.59 Å². The lowest BCUT2D eigenvalue weighted by Crippen LogP contribution is -2.38. The molecule has 1 unspecified atom stereocenters. The monoisotopic (exact) mass is 349 g/mol. The van der Waals surface area contributed by atoms with Gasteiger partial charge in [-0.15, -0.1) is 0 Å². The lowest BCUT2D eigenvalue weighted by atomic mass is 10.1. The van der Waals surface area contributed by atoms with Crippen LogP contribution in [0.25, 0.3) is 0 Å². The molecule has 0 bridgehead atoms. The predicted molar refractivity (Wildman–Crippen MR) is 93.7 cm³/mol. The Kier molecular flexibility index (Phi) is 7.25. The molecular weight excluding hydrogens is 322 g/mol. The molecule has 0 N–H and O–H groups in total. The van der Waals surface area contributed by atoms with Gasteiger partial charge in [0.05, 0.1) is 25.7 Å². The van der Waals surface area contributed by atoms with Gasteiger partial charge in [0.2, 0.25) is 0 Å². The van der Waals surface area contributed by atoms with E-state index in [-0.39, 0.29) is 30.5 Å². The van der Waals surface area contributed by atoms with Gasteiger partial charge in [0, 0.05) is 25.3 Å². The number of nitrogens with zero attached hydrogens (tertiary/aromatic N) is 1. The number of hydrogen-bond acceptors (Lipinski definition) is 5. The van der Waals surface area contributed by atoms with Crippen LogP contribution in [0.3, 0.4) is 0 Å². The predicted octanol–water partition coefficient (Wildman–Crippen LogP) is 2.66. The molecule has 25 heavy (non-hydrogen) atoms. The van der Waals surface area contributed by atoms with Gasteiger partial charge in [0.25, 0.3) is 5.91 Å². The van der Waals surface area contributed by atoms with Gasteiger partial charge >= 0.3 is 5.97 Å². The fourth-order valence-corrected chi connectivity index (χ4v) is 2.77. The summed E-state index contributed by atoms with van der Waals surface area (Å²) >= 11 is 0. The smallest absolute Gasteiger partial charge is 0.307 e. The highest BCUT2D eigenvalue weighted by Crippen LogP contribution is 2.18. The highest BCUT2D eigenvalue weighted by atomic mass is 16.5. The number of amides is 1. The molecule has 0 spiro atoms. The van der Waals surface area contributed by atoms with Crippen LogP contribution in [0, 0.1) is 0 Å². The maximum absolute atomic E-state index is 12.8. The van der Waals surface area contributed by atoms with Crippen molar-refractivity contribution in [1.82, 2.24) is 4.90 Å². The van der Waals surface area contributed by atoms with E-state index >= 15 is 0 Å². The van der Waals surface area contributed by atoms with Crippen LogP contribution in [-0.2, 0) is 14.3 Å². The molecule has 1 aromatic rings. The van der Waals surface area contributed by atoms with Crippen molar-refractivity contribution in [3.63, 3.8) is 0 Å². The first kappa shape index (κ1) is 19.2. The Morgan fingerprint density at radius 2 is 2.00 bits per heavy atom. The fraction of sp³-hybridized carbons (Fsp3) is 0.579. The Hall–Kier alpha value is -2.08. The van der Waals surface area contributed by atoms with Crippen molar-refractivity contribution in [2.45, 2.75) is 45.3 Å². The molecule has 1 heterocycles. The SMILES string of the molecule is COC(=O)CCN(CC1CCCO1)C(=O)c1ccc(OC(C)C)cc1. The van der Waals surface area contributed by atoms with Crippen molar-refractivity contribution >= 4 is 11.9 Å². The Morgan fingerprint density at radius 1 is 1.28 bits per heavy atom. The Morgan fingerprint density at radius 3 is 2.56 bits per heavy atom. The maximum atomic E-state index is 12.8. The molecule has 0 aromatic heterocycles. The number of rotatable bonds is 8. The van der Waals surface area contributed by atoms with E-state index in [1.807, 2.05) is 13.8 Å². The van der Waals surface area contributed by atoms with Crippen LogP contribution in [0.5, 0.6) is 5.75 Å². The van der Waals surface area contributed by atoms with Crippen LogP contribution in [0.2, 0.25) is 0 Å². The van der Waals surface area contributed by atoms with Crippen LogP contribution in [-0.4, -0.2) is 55.8 Å². The number of carbonyl (C=O) groups is 2. The molecule has 0 aliphatic carbocycles. The lowest BCUT2D eigenvalue weighted by molar-refractivity contribution is -0.140. The highest BCUT2D eigenvalue weighted by Gasteiger charge is 2.24. The zero-order valence-corrected chi connectivity index (χ0v) is 15.2. The first-order chi connectivity index (χ1) is 12.0. The van der Waals surface area contributed by atoms with E-state index in [2.05, 4.69) is 4.74 Å². The van der Waals surface area contributed by atoms with Crippen molar-refractivity contribution < 1.29 is 23.8 Å². The lowest BCUT2D eigenvalue weighted by Gasteiger charge is -2.25. The third-order valence-corrected chi connectivity index (χ3v) is 4.02. The van der Waals surface area contributed by atoms with Crippen molar-refractivity contribution in [2.24, 2.45) is 0 Å². The molecule has 1 fully saturated rings. The molecule has 0 radical (unpaired) electrons.